The molecule has 8 nitrogen and oxygen atoms in total. The number of nitrogens with zero attached hydrogens (tertiary/aromatic N) is 3. The summed E-state index contributed by atoms with van der Waals surface area (Å²) in [6.07, 6.45) is 5.11. The van der Waals surface area contributed by atoms with Crippen molar-refractivity contribution < 1.29 is 18.8 Å². The van der Waals surface area contributed by atoms with Crippen LogP contribution in [0.3, 0.4) is 0 Å². The van der Waals surface area contributed by atoms with Crippen LogP contribution in [-0.2, 0) is 28.0 Å². The summed E-state index contributed by atoms with van der Waals surface area (Å²) in [7, 11) is 0. The molecule has 1 aromatic heterocycles. The lowest BCUT2D eigenvalue weighted by atomic mass is 9.89. The summed E-state index contributed by atoms with van der Waals surface area (Å²) in [6.45, 7) is 3.30. The van der Waals surface area contributed by atoms with Gasteiger partial charge >= 0.3 is 6.03 Å². The minimum Gasteiger partial charge on any atom is -0.467 e. The van der Waals surface area contributed by atoms with Crippen molar-refractivity contribution in [3.63, 3.8) is 0 Å². The highest BCUT2D eigenvalue weighted by Gasteiger charge is 2.50. The van der Waals surface area contributed by atoms with E-state index in [1.807, 2.05) is 49.4 Å². The van der Waals surface area contributed by atoms with Crippen LogP contribution >= 0.6 is 0 Å². The molecule has 4 amide bonds. The van der Waals surface area contributed by atoms with Crippen LogP contribution in [0.1, 0.15) is 59.4 Å². The summed E-state index contributed by atoms with van der Waals surface area (Å²) < 4.78 is 5.61. The number of aryl methyl sites for hydroxylation is 3. The predicted molar refractivity (Wildman–Crippen MR) is 137 cm³/mol. The summed E-state index contributed by atoms with van der Waals surface area (Å²) in [5.41, 5.74) is 4.80. The molecule has 2 aromatic carbocycles. The van der Waals surface area contributed by atoms with Crippen LogP contribution < -0.4 is 5.32 Å². The van der Waals surface area contributed by atoms with Gasteiger partial charge in [0, 0.05) is 6.42 Å². The zero-order chi connectivity index (χ0) is 25.7. The maximum Gasteiger partial charge on any atom is 0.325 e. The molecule has 3 aromatic rings. The van der Waals surface area contributed by atoms with Gasteiger partial charge in [-0.25, -0.2) is 9.80 Å². The van der Waals surface area contributed by atoms with Crippen molar-refractivity contribution in [2.24, 2.45) is 5.10 Å². The molecule has 0 bridgehead atoms. The van der Waals surface area contributed by atoms with Crippen LogP contribution in [0.5, 0.6) is 0 Å². The third-order valence-corrected chi connectivity index (χ3v) is 7.67. The Morgan fingerprint density at radius 3 is 2.65 bits per heavy atom. The molecule has 2 atom stereocenters. The van der Waals surface area contributed by atoms with Gasteiger partial charge in [0.25, 0.3) is 11.8 Å². The number of hydrogen-bond donors (Lipinski definition) is 1. The van der Waals surface area contributed by atoms with Gasteiger partial charge in [-0.05, 0) is 67.5 Å². The van der Waals surface area contributed by atoms with E-state index < -0.39 is 36.0 Å². The van der Waals surface area contributed by atoms with Crippen molar-refractivity contribution in [2.75, 3.05) is 6.54 Å². The Labute approximate surface area is 214 Å². The largest absolute Gasteiger partial charge is 0.467 e. The van der Waals surface area contributed by atoms with E-state index in [9.17, 15) is 14.4 Å². The molecule has 6 rings (SSSR count). The van der Waals surface area contributed by atoms with Crippen molar-refractivity contribution in [2.45, 2.75) is 51.1 Å². The van der Waals surface area contributed by atoms with E-state index in [4.69, 9.17) is 4.42 Å². The third kappa shape index (κ3) is 3.93. The van der Waals surface area contributed by atoms with Gasteiger partial charge in [-0.1, -0.05) is 48.0 Å². The number of imide groups is 1. The van der Waals surface area contributed by atoms with E-state index in [1.165, 1.54) is 16.1 Å². The fraction of sp³-hybridized carbons (Fsp3) is 0.310. The van der Waals surface area contributed by atoms with Crippen molar-refractivity contribution in [3.05, 3.63) is 94.4 Å². The van der Waals surface area contributed by atoms with Gasteiger partial charge in [-0.2, -0.15) is 5.10 Å². The van der Waals surface area contributed by atoms with E-state index >= 15 is 0 Å². The normalized spacial score (nSPS) is 22.9. The average molecular weight is 497 g/mol. The Balaban J connectivity index is 1.26. The zero-order valence-corrected chi connectivity index (χ0v) is 20.9. The number of carbonyl (C=O) groups excluding carboxylic acids is 3. The van der Waals surface area contributed by atoms with Crippen molar-refractivity contribution in [1.82, 2.24) is 15.2 Å². The molecule has 0 spiro atoms. The fourth-order valence-corrected chi connectivity index (χ4v) is 5.49. The molecule has 1 aliphatic carbocycles. The zero-order valence-electron chi connectivity index (χ0n) is 20.9. The maximum atomic E-state index is 13.5. The third-order valence-electron chi connectivity index (χ3n) is 7.67. The number of hydrogen-bond acceptors (Lipinski definition) is 5. The average Bonchev–Trinajstić information content (AvgIpc) is 3.68. The molecular formula is C29H28N4O4. The molecule has 188 valence electrons. The Morgan fingerprint density at radius 2 is 1.89 bits per heavy atom. The van der Waals surface area contributed by atoms with Crippen LogP contribution in [0.4, 0.5) is 4.79 Å². The van der Waals surface area contributed by atoms with E-state index in [1.54, 1.807) is 25.3 Å². The Morgan fingerprint density at radius 1 is 1.11 bits per heavy atom. The summed E-state index contributed by atoms with van der Waals surface area (Å²) >= 11 is 0. The highest BCUT2D eigenvalue weighted by Crippen LogP contribution is 2.35. The summed E-state index contributed by atoms with van der Waals surface area (Å²) in [5.74, 6) is -0.301. The fourth-order valence-electron chi connectivity index (χ4n) is 5.49. The van der Waals surface area contributed by atoms with E-state index in [0.717, 1.165) is 46.6 Å². The minimum atomic E-state index is -1.23. The second-order valence-electron chi connectivity index (χ2n) is 10.2. The lowest BCUT2D eigenvalue weighted by Crippen LogP contribution is -2.43. The molecule has 0 radical (unpaired) electrons. The quantitative estimate of drug-likeness (QED) is 0.535. The van der Waals surface area contributed by atoms with E-state index in [-0.39, 0.29) is 0 Å². The van der Waals surface area contributed by atoms with Crippen molar-refractivity contribution in [1.29, 1.82) is 0 Å². The minimum absolute atomic E-state index is 0.410. The summed E-state index contributed by atoms with van der Waals surface area (Å²) in [5, 5.41) is 8.79. The number of rotatable bonds is 5. The second kappa shape index (κ2) is 8.73. The first-order chi connectivity index (χ1) is 17.8. The van der Waals surface area contributed by atoms with Crippen LogP contribution in [-0.4, -0.2) is 40.0 Å². The van der Waals surface area contributed by atoms with E-state index in [2.05, 4.69) is 10.4 Å². The first-order valence-electron chi connectivity index (χ1n) is 12.6. The van der Waals surface area contributed by atoms with Gasteiger partial charge in [0.1, 0.15) is 23.9 Å². The number of benzene rings is 2. The molecule has 1 fully saturated rings. The Hall–Kier alpha value is -4.20. The molecule has 1 saturated heterocycles. The maximum absolute atomic E-state index is 13.5. The standard InChI is InChI=1S/C29H28N4O4/c1-18-8-10-20(11-9-18)23-16-24(25-7-4-14-37-25)33(31-23)26(34)17-32-27(35)29(2,30-28(32)36)22-13-12-19-5-3-6-21(19)15-22/h4,7-15,24H,3,5-6,16-17H2,1-2H3,(H,30,36)/t24-,29+/m0/s1. The van der Waals surface area contributed by atoms with Gasteiger partial charge in [0.15, 0.2) is 0 Å². The Bertz CT molecular complexity index is 1430. The van der Waals surface area contributed by atoms with Gasteiger partial charge in [-0.15, -0.1) is 0 Å². The molecule has 3 aliphatic rings. The molecule has 37 heavy (non-hydrogen) atoms. The molecule has 3 heterocycles. The highest BCUT2D eigenvalue weighted by atomic mass is 16.3. The van der Waals surface area contributed by atoms with Crippen LogP contribution in [0.2, 0.25) is 0 Å². The molecule has 0 unspecified atom stereocenters. The summed E-state index contributed by atoms with van der Waals surface area (Å²) in [6, 6.07) is 16.4. The first kappa shape index (κ1) is 23.2. The van der Waals surface area contributed by atoms with Gasteiger partial charge in [-0.3, -0.25) is 14.5 Å². The summed E-state index contributed by atoms with van der Waals surface area (Å²) in [4.78, 5) is 41.0. The number of hydrazone groups is 1. The van der Waals surface area contributed by atoms with Gasteiger partial charge in [0.05, 0.1) is 12.0 Å². The first-order valence-corrected chi connectivity index (χ1v) is 12.6. The van der Waals surface area contributed by atoms with Gasteiger partial charge < -0.3 is 9.73 Å². The molecule has 1 N–H and O–H groups in total. The molecule has 8 heteroatoms. The Kier molecular flexibility index (Phi) is 5.47. The predicted octanol–water partition coefficient (Wildman–Crippen LogP) is 4.22. The van der Waals surface area contributed by atoms with Crippen LogP contribution in [0.15, 0.2) is 70.4 Å². The van der Waals surface area contributed by atoms with Gasteiger partial charge in [0.2, 0.25) is 0 Å². The number of urea groups is 1. The van der Waals surface area contributed by atoms with Crippen LogP contribution in [0.25, 0.3) is 0 Å². The smallest absolute Gasteiger partial charge is 0.325 e. The monoisotopic (exact) mass is 496 g/mol. The number of fused-ring (bicyclic) bond motifs is 1. The SMILES string of the molecule is Cc1ccc(C2=NN(C(=O)CN3C(=O)N[C@](C)(c4ccc5c(c4)CCC5)C3=O)[C@H](c3ccco3)C2)cc1. The highest BCUT2D eigenvalue weighted by molar-refractivity contribution is 6.09. The lowest BCUT2D eigenvalue weighted by molar-refractivity contribution is -0.140. The second-order valence-corrected chi connectivity index (χ2v) is 10.2. The van der Waals surface area contributed by atoms with Crippen molar-refractivity contribution >= 4 is 23.6 Å². The molecule has 0 saturated carbocycles. The van der Waals surface area contributed by atoms with E-state index in [0.29, 0.717) is 12.2 Å². The topological polar surface area (TPSA) is 95.2 Å². The number of carbonyl (C=O) groups is 3. The number of furan rings is 1. The van der Waals surface area contributed by atoms with Crippen LogP contribution in [0, 0.1) is 6.92 Å². The molecule has 2 aliphatic heterocycles. The number of nitrogens with one attached hydrogen (secondary N) is 1. The van der Waals surface area contributed by atoms with Crippen molar-refractivity contribution in [3.8, 4) is 0 Å². The lowest BCUT2D eigenvalue weighted by Gasteiger charge is -2.24. The molecular weight excluding hydrogens is 468 g/mol. The number of amides is 4.